The molecule has 0 rings (SSSR count). The van der Waals surface area contributed by atoms with E-state index in [0.717, 1.165) is 0 Å². The Morgan fingerprint density at radius 3 is 2.82 bits per heavy atom. The molecule has 64 valence electrons. The van der Waals surface area contributed by atoms with Crippen molar-refractivity contribution in [3.63, 3.8) is 0 Å². The number of hydrogen-bond donors (Lipinski definition) is 0. The molecule has 1 atom stereocenters. The van der Waals surface area contributed by atoms with Crippen LogP contribution in [0.25, 0.3) is 0 Å². The van der Waals surface area contributed by atoms with E-state index in [2.05, 4.69) is 6.58 Å². The van der Waals surface area contributed by atoms with Gasteiger partial charge in [-0.3, -0.25) is 0 Å². The first kappa shape index (κ1) is 10.2. The van der Waals surface area contributed by atoms with Crippen molar-refractivity contribution in [1.29, 1.82) is 0 Å². The number of ether oxygens (including phenoxy) is 2. The van der Waals surface area contributed by atoms with Crippen molar-refractivity contribution in [1.82, 2.24) is 0 Å². The van der Waals surface area contributed by atoms with Gasteiger partial charge in [0.15, 0.2) is 6.10 Å². The summed E-state index contributed by atoms with van der Waals surface area (Å²) in [6.45, 7) is 7.68. The standard InChI is InChI=1S/C8H14O3/c1-4-6-11-8(9)7(3)10-5-2/h4,7H,1,5-6H2,2-3H3. The average Bonchev–Trinajstić information content (AvgIpc) is 2.00. The summed E-state index contributed by atoms with van der Waals surface area (Å²) < 4.78 is 9.72. The molecule has 0 aromatic heterocycles. The van der Waals surface area contributed by atoms with Crippen molar-refractivity contribution < 1.29 is 14.3 Å². The normalized spacial score (nSPS) is 12.2. The molecule has 0 aromatic carbocycles. The first-order valence-corrected chi connectivity index (χ1v) is 3.61. The molecule has 0 saturated heterocycles. The van der Waals surface area contributed by atoms with Gasteiger partial charge in [0, 0.05) is 6.61 Å². The highest BCUT2D eigenvalue weighted by Crippen LogP contribution is 1.93. The lowest BCUT2D eigenvalue weighted by Crippen LogP contribution is -2.23. The summed E-state index contributed by atoms with van der Waals surface area (Å²) in [6.07, 6.45) is 1.05. The monoisotopic (exact) mass is 158 g/mol. The first-order valence-electron chi connectivity index (χ1n) is 3.61. The van der Waals surface area contributed by atoms with Gasteiger partial charge < -0.3 is 9.47 Å². The lowest BCUT2D eigenvalue weighted by atomic mass is 10.4. The first-order chi connectivity index (χ1) is 5.22. The fourth-order valence-electron chi connectivity index (χ4n) is 0.576. The largest absolute Gasteiger partial charge is 0.460 e. The second-order valence-corrected chi connectivity index (χ2v) is 2.02. The molecule has 3 nitrogen and oxygen atoms in total. The summed E-state index contributed by atoms with van der Waals surface area (Å²) in [5.41, 5.74) is 0. The zero-order chi connectivity index (χ0) is 8.69. The van der Waals surface area contributed by atoms with Gasteiger partial charge in [-0.2, -0.15) is 0 Å². The summed E-state index contributed by atoms with van der Waals surface area (Å²) in [5, 5.41) is 0. The summed E-state index contributed by atoms with van der Waals surface area (Å²) in [5.74, 6) is -0.341. The number of carbonyl (C=O) groups is 1. The maximum absolute atomic E-state index is 10.9. The van der Waals surface area contributed by atoms with E-state index in [0.29, 0.717) is 6.61 Å². The molecule has 0 aliphatic heterocycles. The van der Waals surface area contributed by atoms with Crippen LogP contribution in [0, 0.1) is 0 Å². The Morgan fingerprint density at radius 2 is 2.36 bits per heavy atom. The Labute approximate surface area is 67.0 Å². The molecule has 3 heteroatoms. The van der Waals surface area contributed by atoms with Crippen molar-refractivity contribution in [2.45, 2.75) is 20.0 Å². The highest BCUT2D eigenvalue weighted by molar-refractivity contribution is 5.74. The van der Waals surface area contributed by atoms with Gasteiger partial charge >= 0.3 is 5.97 Å². The van der Waals surface area contributed by atoms with Crippen LogP contribution in [0.2, 0.25) is 0 Å². The SMILES string of the molecule is C=CCOC(=O)C(C)OCC. The van der Waals surface area contributed by atoms with Gasteiger partial charge in [-0.25, -0.2) is 4.79 Å². The quantitative estimate of drug-likeness (QED) is 0.444. The molecule has 1 unspecified atom stereocenters. The van der Waals surface area contributed by atoms with Gasteiger partial charge in [0.1, 0.15) is 6.61 Å². The van der Waals surface area contributed by atoms with E-state index in [-0.39, 0.29) is 12.6 Å². The number of rotatable bonds is 5. The van der Waals surface area contributed by atoms with Crippen LogP contribution in [0.15, 0.2) is 12.7 Å². The molecule has 0 heterocycles. The molecule has 0 bridgehead atoms. The van der Waals surface area contributed by atoms with Crippen LogP contribution in [0.1, 0.15) is 13.8 Å². The van der Waals surface area contributed by atoms with Crippen LogP contribution in [0.4, 0.5) is 0 Å². The van der Waals surface area contributed by atoms with Crippen molar-refractivity contribution >= 4 is 5.97 Å². The Balaban J connectivity index is 3.54. The van der Waals surface area contributed by atoms with E-state index < -0.39 is 6.10 Å². The van der Waals surface area contributed by atoms with Gasteiger partial charge in [0.25, 0.3) is 0 Å². The Bertz CT molecular complexity index is 131. The molecule has 0 radical (unpaired) electrons. The van der Waals surface area contributed by atoms with Crippen molar-refractivity contribution in [3.8, 4) is 0 Å². The maximum Gasteiger partial charge on any atom is 0.335 e. The second kappa shape index (κ2) is 5.92. The zero-order valence-corrected chi connectivity index (χ0v) is 7.00. The Morgan fingerprint density at radius 1 is 1.73 bits per heavy atom. The third-order valence-electron chi connectivity index (χ3n) is 1.09. The van der Waals surface area contributed by atoms with Crippen LogP contribution in [-0.2, 0) is 14.3 Å². The maximum atomic E-state index is 10.9. The lowest BCUT2D eigenvalue weighted by molar-refractivity contribution is -0.154. The van der Waals surface area contributed by atoms with E-state index in [9.17, 15) is 4.79 Å². The minimum absolute atomic E-state index is 0.246. The predicted molar refractivity (Wildman–Crippen MR) is 42.2 cm³/mol. The van der Waals surface area contributed by atoms with Gasteiger partial charge in [0.2, 0.25) is 0 Å². The highest BCUT2D eigenvalue weighted by Gasteiger charge is 2.12. The van der Waals surface area contributed by atoms with E-state index >= 15 is 0 Å². The minimum Gasteiger partial charge on any atom is -0.460 e. The number of carbonyl (C=O) groups excluding carboxylic acids is 1. The summed E-state index contributed by atoms with van der Waals surface area (Å²) in [7, 11) is 0. The fourth-order valence-corrected chi connectivity index (χ4v) is 0.576. The molecule has 0 amide bonds. The van der Waals surface area contributed by atoms with Gasteiger partial charge in [0.05, 0.1) is 0 Å². The molecular weight excluding hydrogens is 144 g/mol. The fraction of sp³-hybridized carbons (Fsp3) is 0.625. The predicted octanol–water partition coefficient (Wildman–Crippen LogP) is 1.14. The minimum atomic E-state index is -0.472. The summed E-state index contributed by atoms with van der Waals surface area (Å²) in [4.78, 5) is 10.9. The van der Waals surface area contributed by atoms with Gasteiger partial charge in [-0.15, -0.1) is 0 Å². The zero-order valence-electron chi connectivity index (χ0n) is 7.00. The van der Waals surface area contributed by atoms with Gasteiger partial charge in [-0.1, -0.05) is 12.7 Å². The molecule has 0 fully saturated rings. The second-order valence-electron chi connectivity index (χ2n) is 2.02. The Kier molecular flexibility index (Phi) is 5.47. The average molecular weight is 158 g/mol. The number of esters is 1. The molecular formula is C8H14O3. The molecule has 0 N–H and O–H groups in total. The lowest BCUT2D eigenvalue weighted by Gasteiger charge is -2.09. The van der Waals surface area contributed by atoms with Crippen molar-refractivity contribution in [2.24, 2.45) is 0 Å². The van der Waals surface area contributed by atoms with Gasteiger partial charge in [-0.05, 0) is 13.8 Å². The molecule has 0 aromatic rings. The molecule has 0 aliphatic rings. The molecule has 0 aliphatic carbocycles. The highest BCUT2D eigenvalue weighted by atomic mass is 16.6. The van der Waals surface area contributed by atoms with E-state index in [1.807, 2.05) is 6.92 Å². The summed E-state index contributed by atoms with van der Waals surface area (Å²) >= 11 is 0. The molecule has 11 heavy (non-hydrogen) atoms. The van der Waals surface area contributed by atoms with Crippen molar-refractivity contribution in [2.75, 3.05) is 13.2 Å². The summed E-state index contributed by atoms with van der Waals surface area (Å²) in [6, 6.07) is 0. The van der Waals surface area contributed by atoms with Crippen LogP contribution < -0.4 is 0 Å². The van der Waals surface area contributed by atoms with Crippen molar-refractivity contribution in [3.05, 3.63) is 12.7 Å². The van der Waals surface area contributed by atoms with Crippen LogP contribution in [0.5, 0.6) is 0 Å². The van der Waals surface area contributed by atoms with E-state index in [1.54, 1.807) is 6.92 Å². The Hall–Kier alpha value is -0.830. The molecule has 0 spiro atoms. The topological polar surface area (TPSA) is 35.5 Å². The van der Waals surface area contributed by atoms with E-state index in [1.165, 1.54) is 6.08 Å². The third-order valence-corrected chi connectivity index (χ3v) is 1.09. The molecule has 0 saturated carbocycles. The van der Waals surface area contributed by atoms with Crippen LogP contribution in [0.3, 0.4) is 0 Å². The van der Waals surface area contributed by atoms with E-state index in [4.69, 9.17) is 9.47 Å². The third kappa shape index (κ3) is 4.56. The van der Waals surface area contributed by atoms with Crippen LogP contribution in [-0.4, -0.2) is 25.3 Å². The number of hydrogen-bond acceptors (Lipinski definition) is 3. The van der Waals surface area contributed by atoms with Crippen LogP contribution >= 0.6 is 0 Å². The smallest absolute Gasteiger partial charge is 0.335 e.